The Morgan fingerprint density at radius 3 is 1.63 bits per heavy atom. The Hall–Kier alpha value is -5.00. The third-order valence-electron chi connectivity index (χ3n) is 12.2. The van der Waals surface area contributed by atoms with E-state index in [9.17, 15) is 24.3 Å². The third kappa shape index (κ3) is 5.24. The first kappa shape index (κ1) is 32.9. The molecule has 4 amide bonds. The number of hydrogen-bond acceptors (Lipinski definition) is 9. The van der Waals surface area contributed by atoms with Crippen molar-refractivity contribution in [1.29, 1.82) is 0 Å². The summed E-state index contributed by atoms with van der Waals surface area (Å²) in [6, 6.07) is 20.5. The van der Waals surface area contributed by atoms with E-state index in [1.807, 2.05) is 67.6 Å². The second kappa shape index (κ2) is 12.9. The highest BCUT2D eigenvalue weighted by atomic mass is 16.5. The number of amides is 4. The van der Waals surface area contributed by atoms with Crippen molar-refractivity contribution in [2.24, 2.45) is 29.6 Å². The zero-order valence-corrected chi connectivity index (χ0v) is 29.1. The van der Waals surface area contributed by atoms with E-state index in [0.717, 1.165) is 48.7 Å². The van der Waals surface area contributed by atoms with Crippen LogP contribution in [-0.2, 0) is 28.7 Å². The number of phenolic OH excluding ortho intramolecular Hbond substituents is 1. The summed E-state index contributed by atoms with van der Waals surface area (Å²) in [6.07, 6.45) is 2.74. The van der Waals surface area contributed by atoms with Gasteiger partial charge in [0.25, 0.3) is 0 Å². The molecule has 52 heavy (non-hydrogen) atoms. The van der Waals surface area contributed by atoms with E-state index in [0.29, 0.717) is 56.2 Å². The zero-order chi connectivity index (χ0) is 35.7. The lowest BCUT2D eigenvalue weighted by Crippen LogP contribution is -2.43. The molecule has 6 aliphatic rings. The smallest absolute Gasteiger partial charge is 0.238 e. The molecule has 6 unspecified atom stereocenters. The van der Waals surface area contributed by atoms with Crippen molar-refractivity contribution in [2.45, 2.75) is 25.7 Å². The highest BCUT2D eigenvalue weighted by molar-refractivity contribution is 6.24. The predicted molar refractivity (Wildman–Crippen MR) is 194 cm³/mol. The van der Waals surface area contributed by atoms with Crippen molar-refractivity contribution in [3.63, 3.8) is 0 Å². The molecule has 4 saturated heterocycles. The summed E-state index contributed by atoms with van der Waals surface area (Å²) in [6.45, 7) is 7.54. The van der Waals surface area contributed by atoms with Gasteiger partial charge in [-0.05, 0) is 91.4 Å². The fourth-order valence-electron chi connectivity index (χ4n) is 9.61. The SMILES string of the molecule is Cc1cc(C2C3=CCC4C(=O)N(c5ccc(N6CCOCC6)cc5)C(=O)C4C3CC3C(=O)N(c4ccc(N5CCOCC5)cc4)C(=O)C32)ccc1O. The van der Waals surface area contributed by atoms with Gasteiger partial charge < -0.3 is 24.4 Å². The van der Waals surface area contributed by atoms with Crippen molar-refractivity contribution in [2.75, 3.05) is 72.2 Å². The molecule has 3 aromatic carbocycles. The van der Waals surface area contributed by atoms with Gasteiger partial charge in [-0.15, -0.1) is 0 Å². The van der Waals surface area contributed by atoms with Gasteiger partial charge in [0.2, 0.25) is 23.6 Å². The minimum absolute atomic E-state index is 0.146. The summed E-state index contributed by atoms with van der Waals surface area (Å²) in [5.41, 5.74) is 5.51. The lowest BCUT2D eigenvalue weighted by atomic mass is 9.57. The monoisotopic (exact) mass is 702 g/mol. The number of ether oxygens (including phenoxy) is 2. The van der Waals surface area contributed by atoms with Crippen molar-refractivity contribution >= 4 is 46.4 Å². The summed E-state index contributed by atoms with van der Waals surface area (Å²) in [5, 5.41) is 10.4. The van der Waals surface area contributed by atoms with Gasteiger partial charge in [-0.1, -0.05) is 23.8 Å². The van der Waals surface area contributed by atoms with E-state index in [1.54, 1.807) is 6.07 Å². The number of aromatic hydroxyl groups is 1. The van der Waals surface area contributed by atoms with Crippen molar-refractivity contribution < 1.29 is 33.8 Å². The molecule has 1 N–H and O–H groups in total. The number of imide groups is 2. The quantitative estimate of drug-likeness (QED) is 0.305. The highest BCUT2D eigenvalue weighted by Gasteiger charge is 2.62. The molecule has 9 rings (SSSR count). The number of carbonyl (C=O) groups is 4. The molecule has 3 aromatic rings. The number of allylic oxidation sites excluding steroid dienone is 2. The van der Waals surface area contributed by atoms with E-state index in [4.69, 9.17) is 9.47 Å². The molecule has 4 aliphatic heterocycles. The molecule has 11 heteroatoms. The number of phenols is 1. The normalized spacial score (nSPS) is 28.9. The van der Waals surface area contributed by atoms with Gasteiger partial charge in [0.1, 0.15) is 5.75 Å². The largest absolute Gasteiger partial charge is 0.508 e. The van der Waals surface area contributed by atoms with Crippen LogP contribution >= 0.6 is 0 Å². The summed E-state index contributed by atoms with van der Waals surface area (Å²) < 4.78 is 11.0. The number of morpholine rings is 2. The summed E-state index contributed by atoms with van der Waals surface area (Å²) >= 11 is 0. The first-order valence-corrected chi connectivity index (χ1v) is 18.4. The maximum Gasteiger partial charge on any atom is 0.238 e. The molecule has 6 atom stereocenters. The van der Waals surface area contributed by atoms with Crippen molar-refractivity contribution in [1.82, 2.24) is 0 Å². The van der Waals surface area contributed by atoms with Crippen LogP contribution in [-0.4, -0.2) is 81.3 Å². The van der Waals surface area contributed by atoms with Gasteiger partial charge in [-0.2, -0.15) is 0 Å². The highest BCUT2D eigenvalue weighted by Crippen LogP contribution is 2.58. The van der Waals surface area contributed by atoms with E-state index in [2.05, 4.69) is 15.9 Å². The van der Waals surface area contributed by atoms with E-state index in [1.165, 1.54) is 9.80 Å². The number of fused-ring (bicyclic) bond motifs is 4. The Balaban J connectivity index is 1.05. The van der Waals surface area contributed by atoms with E-state index < -0.39 is 35.5 Å². The van der Waals surface area contributed by atoms with Crippen molar-refractivity contribution in [3.8, 4) is 5.75 Å². The maximum atomic E-state index is 14.5. The average molecular weight is 703 g/mol. The van der Waals surface area contributed by atoms with Gasteiger partial charge in [0, 0.05) is 43.5 Å². The number of benzene rings is 3. The first-order chi connectivity index (χ1) is 25.3. The second-order valence-electron chi connectivity index (χ2n) is 14.8. The lowest BCUT2D eigenvalue weighted by Gasteiger charge is -2.44. The number of nitrogens with zero attached hydrogens (tertiary/aromatic N) is 4. The lowest BCUT2D eigenvalue weighted by molar-refractivity contribution is -0.126. The fraction of sp³-hybridized carbons (Fsp3) is 0.415. The number of aryl methyl sites for hydroxylation is 1. The fourth-order valence-corrected chi connectivity index (χ4v) is 9.61. The molecular formula is C41H42N4O7. The van der Waals surface area contributed by atoms with Crippen molar-refractivity contribution in [3.05, 3.63) is 89.5 Å². The van der Waals surface area contributed by atoms with Crippen LogP contribution in [0.15, 0.2) is 78.4 Å². The Labute approximate surface area is 302 Å². The first-order valence-electron chi connectivity index (χ1n) is 18.4. The second-order valence-corrected chi connectivity index (χ2v) is 14.8. The summed E-state index contributed by atoms with van der Waals surface area (Å²) in [4.78, 5) is 64.6. The molecule has 0 radical (unpaired) electrons. The van der Waals surface area contributed by atoms with Gasteiger partial charge in [0.15, 0.2) is 0 Å². The summed E-state index contributed by atoms with van der Waals surface area (Å²) in [7, 11) is 0. The Morgan fingerprint density at radius 1 is 0.596 bits per heavy atom. The van der Waals surface area contributed by atoms with Gasteiger partial charge >= 0.3 is 0 Å². The van der Waals surface area contributed by atoms with E-state index >= 15 is 0 Å². The molecule has 2 aliphatic carbocycles. The molecule has 0 bridgehead atoms. The Bertz CT molecular complexity index is 1970. The number of rotatable bonds is 5. The molecule has 268 valence electrons. The number of anilines is 4. The molecule has 0 spiro atoms. The molecule has 4 heterocycles. The topological polar surface area (TPSA) is 120 Å². The van der Waals surface area contributed by atoms with Crippen LogP contribution < -0.4 is 19.6 Å². The van der Waals surface area contributed by atoms with Crippen LogP contribution in [0.4, 0.5) is 22.7 Å². The van der Waals surface area contributed by atoms with Crippen LogP contribution in [0.3, 0.4) is 0 Å². The van der Waals surface area contributed by atoms with Crippen LogP contribution in [0.1, 0.15) is 29.9 Å². The average Bonchev–Trinajstić information content (AvgIpc) is 3.59. The molecule has 5 fully saturated rings. The Morgan fingerprint density at radius 2 is 1.10 bits per heavy atom. The number of hydrogen-bond donors (Lipinski definition) is 1. The van der Waals surface area contributed by atoms with Crippen LogP contribution in [0.5, 0.6) is 5.75 Å². The molecule has 11 nitrogen and oxygen atoms in total. The number of carbonyl (C=O) groups excluding carboxylic acids is 4. The minimum atomic E-state index is -0.676. The minimum Gasteiger partial charge on any atom is -0.508 e. The summed E-state index contributed by atoms with van der Waals surface area (Å²) in [5.74, 6) is -4.28. The van der Waals surface area contributed by atoms with E-state index in [-0.39, 0.29) is 29.4 Å². The molecule has 1 saturated carbocycles. The molecular weight excluding hydrogens is 660 g/mol. The zero-order valence-electron chi connectivity index (χ0n) is 29.1. The van der Waals surface area contributed by atoms with Crippen LogP contribution in [0, 0.1) is 36.5 Å². The van der Waals surface area contributed by atoms with Crippen LogP contribution in [0.25, 0.3) is 0 Å². The third-order valence-corrected chi connectivity index (χ3v) is 12.2. The maximum absolute atomic E-state index is 14.5. The van der Waals surface area contributed by atoms with Gasteiger partial charge in [-0.25, -0.2) is 0 Å². The standard InChI is InChI=1S/C41H42N4O7/c1-24-22-25(2-13-34(24)46)35-30-11-12-31-36(40(49)44(38(31)47)28-7-3-26(4-8-28)42-14-18-51-19-15-42)32(30)23-33-37(35)41(50)45(39(33)48)29-9-5-27(6-10-29)43-16-20-52-21-17-43/h2-11,13,22,31-33,35-37,46H,12,14-21,23H2,1H3. The van der Waals surface area contributed by atoms with Gasteiger partial charge in [0.05, 0.1) is 61.5 Å². The Kier molecular flexibility index (Phi) is 8.15. The van der Waals surface area contributed by atoms with Crippen LogP contribution in [0.2, 0.25) is 0 Å². The molecule has 0 aromatic heterocycles. The van der Waals surface area contributed by atoms with Gasteiger partial charge in [-0.3, -0.25) is 29.0 Å². The predicted octanol–water partition coefficient (Wildman–Crippen LogP) is 4.42.